The summed E-state index contributed by atoms with van der Waals surface area (Å²) < 4.78 is 5.10. The lowest BCUT2D eigenvalue weighted by Crippen LogP contribution is -2.49. The molecule has 158 valence electrons. The van der Waals surface area contributed by atoms with E-state index in [-0.39, 0.29) is 11.8 Å². The zero-order chi connectivity index (χ0) is 21.3. The average Bonchev–Trinajstić information content (AvgIpc) is 2.79. The molecule has 2 aromatic rings. The van der Waals surface area contributed by atoms with Gasteiger partial charge < -0.3 is 15.0 Å². The fraction of sp³-hybridized carbons (Fsp3) is 0.304. The summed E-state index contributed by atoms with van der Waals surface area (Å²) >= 11 is 5.87. The number of amides is 2. The highest BCUT2D eigenvalue weighted by Gasteiger charge is 2.19. The second-order valence-electron chi connectivity index (χ2n) is 7.04. The molecular formula is C23H26ClN3O3. The molecule has 2 aromatic carbocycles. The van der Waals surface area contributed by atoms with Gasteiger partial charge in [-0.3, -0.25) is 14.5 Å². The van der Waals surface area contributed by atoms with Gasteiger partial charge in [-0.25, -0.2) is 0 Å². The van der Waals surface area contributed by atoms with Gasteiger partial charge in [0.2, 0.25) is 5.91 Å². The van der Waals surface area contributed by atoms with Gasteiger partial charge in [-0.1, -0.05) is 23.7 Å². The number of nitrogens with zero attached hydrogens (tertiary/aromatic N) is 2. The van der Waals surface area contributed by atoms with Crippen LogP contribution in [0.15, 0.2) is 54.6 Å². The minimum absolute atomic E-state index is 0.0115. The molecule has 1 aliphatic heterocycles. The maximum Gasteiger partial charge on any atom is 0.251 e. The number of piperazine rings is 1. The summed E-state index contributed by atoms with van der Waals surface area (Å²) in [6, 6.07) is 14.4. The molecule has 0 bridgehead atoms. The minimum atomic E-state index is -0.0983. The summed E-state index contributed by atoms with van der Waals surface area (Å²) in [6.07, 6.45) is 3.41. The molecule has 0 aliphatic carbocycles. The molecule has 0 atom stereocenters. The SMILES string of the molecule is COc1ccc(C(=O)NCCN2CCN(C(=O)/C=C/c3ccc(Cl)cc3)CC2)cc1. The van der Waals surface area contributed by atoms with Crippen LogP contribution in [0.4, 0.5) is 0 Å². The van der Waals surface area contributed by atoms with E-state index in [0.29, 0.717) is 30.2 Å². The van der Waals surface area contributed by atoms with E-state index in [1.54, 1.807) is 55.7 Å². The molecule has 3 rings (SSSR count). The molecule has 1 fully saturated rings. The fourth-order valence-corrected chi connectivity index (χ4v) is 3.34. The van der Waals surface area contributed by atoms with Crippen LogP contribution in [0, 0.1) is 0 Å². The number of carbonyl (C=O) groups is 2. The molecule has 0 aromatic heterocycles. The highest BCUT2D eigenvalue weighted by atomic mass is 35.5. The molecule has 7 heteroatoms. The van der Waals surface area contributed by atoms with Crippen LogP contribution in [0.25, 0.3) is 6.08 Å². The molecule has 0 saturated carbocycles. The van der Waals surface area contributed by atoms with Crippen LogP contribution in [0.5, 0.6) is 5.75 Å². The summed E-state index contributed by atoms with van der Waals surface area (Å²) in [7, 11) is 1.60. The minimum Gasteiger partial charge on any atom is -0.497 e. The number of carbonyl (C=O) groups excluding carboxylic acids is 2. The van der Waals surface area contributed by atoms with Crippen molar-refractivity contribution in [2.75, 3.05) is 46.4 Å². The first-order valence-corrected chi connectivity index (χ1v) is 10.3. The molecule has 0 spiro atoms. The van der Waals surface area contributed by atoms with Gasteiger partial charge in [-0.15, -0.1) is 0 Å². The van der Waals surface area contributed by atoms with Crippen LogP contribution in [-0.2, 0) is 4.79 Å². The molecule has 2 amide bonds. The van der Waals surface area contributed by atoms with Crippen molar-refractivity contribution in [2.45, 2.75) is 0 Å². The van der Waals surface area contributed by atoms with Crippen LogP contribution >= 0.6 is 11.6 Å². The Bertz CT molecular complexity index is 874. The molecular weight excluding hydrogens is 402 g/mol. The number of benzene rings is 2. The third kappa shape index (κ3) is 6.34. The Kier molecular flexibility index (Phi) is 7.88. The van der Waals surface area contributed by atoms with E-state index in [9.17, 15) is 9.59 Å². The van der Waals surface area contributed by atoms with Gasteiger partial charge in [0, 0.05) is 55.9 Å². The van der Waals surface area contributed by atoms with Crippen molar-refractivity contribution in [1.29, 1.82) is 0 Å². The third-order valence-electron chi connectivity index (χ3n) is 5.04. The quantitative estimate of drug-likeness (QED) is 0.690. The van der Waals surface area contributed by atoms with Crippen molar-refractivity contribution < 1.29 is 14.3 Å². The molecule has 1 heterocycles. The number of ether oxygens (including phenoxy) is 1. The van der Waals surface area contributed by atoms with Gasteiger partial charge in [0.1, 0.15) is 5.75 Å². The first-order chi connectivity index (χ1) is 14.5. The monoisotopic (exact) mass is 427 g/mol. The van der Waals surface area contributed by atoms with Gasteiger partial charge in [0.25, 0.3) is 5.91 Å². The lowest BCUT2D eigenvalue weighted by Gasteiger charge is -2.34. The van der Waals surface area contributed by atoms with Gasteiger partial charge in [-0.2, -0.15) is 0 Å². The third-order valence-corrected chi connectivity index (χ3v) is 5.29. The fourth-order valence-electron chi connectivity index (χ4n) is 3.21. The normalized spacial score (nSPS) is 14.7. The van der Waals surface area contributed by atoms with Crippen molar-refractivity contribution in [2.24, 2.45) is 0 Å². The van der Waals surface area contributed by atoms with Crippen LogP contribution in [0.2, 0.25) is 5.02 Å². The zero-order valence-electron chi connectivity index (χ0n) is 17.0. The predicted octanol–water partition coefficient (Wildman–Crippen LogP) is 2.94. The Morgan fingerprint density at radius 2 is 1.70 bits per heavy atom. The maximum atomic E-state index is 12.4. The smallest absolute Gasteiger partial charge is 0.251 e. The van der Waals surface area contributed by atoms with E-state index in [1.165, 1.54) is 0 Å². The van der Waals surface area contributed by atoms with Gasteiger partial charge in [0.15, 0.2) is 0 Å². The summed E-state index contributed by atoms with van der Waals surface area (Å²) in [4.78, 5) is 28.7. The Morgan fingerprint density at radius 3 is 2.33 bits per heavy atom. The lowest BCUT2D eigenvalue weighted by molar-refractivity contribution is -0.127. The van der Waals surface area contributed by atoms with Gasteiger partial charge in [-0.05, 0) is 48.0 Å². The summed E-state index contributed by atoms with van der Waals surface area (Å²) in [5.41, 5.74) is 1.55. The van der Waals surface area contributed by atoms with Crippen molar-refractivity contribution in [3.05, 3.63) is 70.8 Å². The standard InChI is InChI=1S/C23H26ClN3O3/c1-30-21-9-5-19(6-10-21)23(29)25-12-13-26-14-16-27(17-15-26)22(28)11-4-18-2-7-20(24)8-3-18/h2-11H,12-17H2,1H3,(H,25,29)/b11-4+. The van der Waals surface area contributed by atoms with Gasteiger partial charge >= 0.3 is 0 Å². The maximum absolute atomic E-state index is 12.4. The van der Waals surface area contributed by atoms with Crippen LogP contribution in [-0.4, -0.2) is 68.0 Å². The highest BCUT2D eigenvalue weighted by molar-refractivity contribution is 6.30. The molecule has 0 unspecified atom stereocenters. The van der Waals surface area contributed by atoms with Crippen molar-refractivity contribution in [3.63, 3.8) is 0 Å². The molecule has 1 N–H and O–H groups in total. The Balaban J connectivity index is 1.37. The summed E-state index contributed by atoms with van der Waals surface area (Å²) in [6.45, 7) is 4.25. The van der Waals surface area contributed by atoms with Crippen LogP contribution < -0.4 is 10.1 Å². The highest BCUT2D eigenvalue weighted by Crippen LogP contribution is 2.12. The van der Waals surface area contributed by atoms with E-state index in [2.05, 4.69) is 10.2 Å². The molecule has 30 heavy (non-hydrogen) atoms. The zero-order valence-corrected chi connectivity index (χ0v) is 17.8. The van der Waals surface area contributed by atoms with E-state index in [4.69, 9.17) is 16.3 Å². The number of nitrogens with one attached hydrogen (secondary N) is 1. The van der Waals surface area contributed by atoms with Crippen molar-refractivity contribution in [3.8, 4) is 5.75 Å². The van der Waals surface area contributed by atoms with E-state index in [0.717, 1.165) is 30.9 Å². The predicted molar refractivity (Wildman–Crippen MR) is 119 cm³/mol. The number of hydrogen-bond acceptors (Lipinski definition) is 4. The van der Waals surface area contributed by atoms with Gasteiger partial charge in [0.05, 0.1) is 7.11 Å². The van der Waals surface area contributed by atoms with Crippen molar-refractivity contribution >= 4 is 29.5 Å². The number of methoxy groups -OCH3 is 1. The summed E-state index contributed by atoms with van der Waals surface area (Å²) in [5.74, 6) is 0.637. The Labute approximate surface area is 182 Å². The second-order valence-corrected chi connectivity index (χ2v) is 7.47. The van der Waals surface area contributed by atoms with E-state index < -0.39 is 0 Å². The molecule has 0 radical (unpaired) electrons. The first-order valence-electron chi connectivity index (χ1n) is 9.92. The first kappa shape index (κ1) is 21.9. The number of rotatable bonds is 7. The number of hydrogen-bond donors (Lipinski definition) is 1. The van der Waals surface area contributed by atoms with Crippen LogP contribution in [0.3, 0.4) is 0 Å². The van der Waals surface area contributed by atoms with Crippen LogP contribution in [0.1, 0.15) is 15.9 Å². The Morgan fingerprint density at radius 1 is 1.03 bits per heavy atom. The molecule has 1 aliphatic rings. The lowest BCUT2D eigenvalue weighted by atomic mass is 10.2. The largest absolute Gasteiger partial charge is 0.497 e. The van der Waals surface area contributed by atoms with Crippen molar-refractivity contribution in [1.82, 2.24) is 15.1 Å². The average molecular weight is 428 g/mol. The Hall–Kier alpha value is -2.83. The molecule has 1 saturated heterocycles. The van der Waals surface area contributed by atoms with E-state index in [1.807, 2.05) is 17.0 Å². The second kappa shape index (κ2) is 10.8. The topological polar surface area (TPSA) is 61.9 Å². The van der Waals surface area contributed by atoms with E-state index >= 15 is 0 Å². The number of halogens is 1. The molecule has 6 nitrogen and oxygen atoms in total. The summed E-state index contributed by atoms with van der Waals surface area (Å²) in [5, 5.41) is 3.61.